The molecule has 0 aliphatic rings. The van der Waals surface area contributed by atoms with Crippen LogP contribution in [0.15, 0.2) is 6.07 Å². The van der Waals surface area contributed by atoms with E-state index in [1.54, 1.807) is 19.9 Å². The summed E-state index contributed by atoms with van der Waals surface area (Å²) in [6.45, 7) is 3.38. The summed E-state index contributed by atoms with van der Waals surface area (Å²) in [5.74, 6) is -0.733. The van der Waals surface area contributed by atoms with E-state index in [0.29, 0.717) is 11.6 Å². The topological polar surface area (TPSA) is 113 Å². The number of nitrogens with one attached hydrogen (secondary N) is 2. The lowest BCUT2D eigenvalue weighted by Crippen LogP contribution is -2.42. The largest absolute Gasteiger partial charge is 0.481 e. The molecule has 104 valence electrons. The molecule has 0 aliphatic heterocycles. The molecule has 1 heterocycles. The van der Waals surface area contributed by atoms with Crippen molar-refractivity contribution in [2.75, 3.05) is 12.4 Å². The van der Waals surface area contributed by atoms with Gasteiger partial charge in [-0.15, -0.1) is 0 Å². The number of aryl methyl sites for hydroxylation is 1. The zero-order valence-corrected chi connectivity index (χ0v) is 10.9. The van der Waals surface area contributed by atoms with E-state index < -0.39 is 18.0 Å². The average molecular weight is 268 g/mol. The molecule has 1 aromatic heterocycles. The summed E-state index contributed by atoms with van der Waals surface area (Å²) in [4.78, 5) is 30.3. The monoisotopic (exact) mass is 268 g/mol. The Balaban J connectivity index is 2.71. The van der Waals surface area contributed by atoms with Gasteiger partial charge in [0.1, 0.15) is 6.04 Å². The molecule has 0 aromatic carbocycles. The SMILES string of the molecule is CCC(NC(=O)Nc1nc(C)cc(OC)n1)C(=O)O. The number of aliphatic carboxylic acids is 1. The highest BCUT2D eigenvalue weighted by Crippen LogP contribution is 2.10. The van der Waals surface area contributed by atoms with Crippen LogP contribution in [-0.4, -0.2) is 40.2 Å². The summed E-state index contributed by atoms with van der Waals surface area (Å²) < 4.78 is 4.94. The van der Waals surface area contributed by atoms with Gasteiger partial charge in [-0.3, -0.25) is 5.32 Å². The van der Waals surface area contributed by atoms with Gasteiger partial charge in [-0.05, 0) is 13.3 Å². The van der Waals surface area contributed by atoms with Gasteiger partial charge < -0.3 is 15.2 Å². The molecule has 1 unspecified atom stereocenters. The van der Waals surface area contributed by atoms with Crippen molar-refractivity contribution in [2.45, 2.75) is 26.3 Å². The maximum atomic E-state index is 11.6. The highest BCUT2D eigenvalue weighted by Gasteiger charge is 2.18. The molecule has 3 N–H and O–H groups in total. The number of carboxylic acid groups (broad SMARTS) is 1. The van der Waals surface area contributed by atoms with E-state index in [-0.39, 0.29) is 12.4 Å². The van der Waals surface area contributed by atoms with Crippen LogP contribution < -0.4 is 15.4 Å². The number of aromatic nitrogens is 2. The Bertz CT molecular complexity index is 478. The number of carbonyl (C=O) groups excluding carboxylic acids is 1. The van der Waals surface area contributed by atoms with Gasteiger partial charge in [0.25, 0.3) is 0 Å². The fraction of sp³-hybridized carbons (Fsp3) is 0.455. The lowest BCUT2D eigenvalue weighted by atomic mass is 10.2. The molecular weight excluding hydrogens is 252 g/mol. The Morgan fingerprint density at radius 2 is 2.16 bits per heavy atom. The maximum absolute atomic E-state index is 11.6. The van der Waals surface area contributed by atoms with Crippen molar-refractivity contribution in [1.29, 1.82) is 0 Å². The second kappa shape index (κ2) is 6.53. The minimum atomic E-state index is -1.10. The number of carbonyl (C=O) groups is 2. The predicted octanol–water partition coefficient (Wildman–Crippen LogP) is 0.778. The number of ether oxygens (including phenoxy) is 1. The highest BCUT2D eigenvalue weighted by molar-refractivity contribution is 5.90. The first-order valence-electron chi connectivity index (χ1n) is 5.66. The van der Waals surface area contributed by atoms with Crippen LogP contribution in [-0.2, 0) is 4.79 Å². The molecule has 0 saturated carbocycles. The maximum Gasteiger partial charge on any atom is 0.326 e. The van der Waals surface area contributed by atoms with E-state index in [0.717, 1.165) is 0 Å². The van der Waals surface area contributed by atoms with Crippen molar-refractivity contribution in [3.05, 3.63) is 11.8 Å². The average Bonchev–Trinajstić information content (AvgIpc) is 2.34. The van der Waals surface area contributed by atoms with Gasteiger partial charge in [0.15, 0.2) is 0 Å². The van der Waals surface area contributed by atoms with Crippen molar-refractivity contribution in [3.8, 4) is 5.88 Å². The Morgan fingerprint density at radius 1 is 1.47 bits per heavy atom. The molecule has 1 rings (SSSR count). The molecule has 0 radical (unpaired) electrons. The Kier molecular flexibility index (Phi) is 5.04. The van der Waals surface area contributed by atoms with Crippen LogP contribution in [0.5, 0.6) is 5.88 Å². The van der Waals surface area contributed by atoms with Crippen LogP contribution in [0.1, 0.15) is 19.0 Å². The number of methoxy groups -OCH3 is 1. The van der Waals surface area contributed by atoms with Crippen LogP contribution in [0.3, 0.4) is 0 Å². The molecule has 0 aliphatic carbocycles. The second-order valence-corrected chi connectivity index (χ2v) is 3.77. The zero-order valence-electron chi connectivity index (χ0n) is 10.9. The second-order valence-electron chi connectivity index (χ2n) is 3.77. The number of hydrogen-bond acceptors (Lipinski definition) is 5. The van der Waals surface area contributed by atoms with Crippen LogP contribution >= 0.6 is 0 Å². The molecule has 2 amide bonds. The van der Waals surface area contributed by atoms with Gasteiger partial charge in [-0.1, -0.05) is 6.92 Å². The van der Waals surface area contributed by atoms with Gasteiger partial charge in [-0.25, -0.2) is 14.6 Å². The number of carboxylic acids is 1. The van der Waals surface area contributed by atoms with Crippen LogP contribution in [0, 0.1) is 6.92 Å². The first-order valence-corrected chi connectivity index (χ1v) is 5.66. The lowest BCUT2D eigenvalue weighted by Gasteiger charge is -2.12. The third-order valence-corrected chi connectivity index (χ3v) is 2.28. The molecule has 0 bridgehead atoms. The van der Waals surface area contributed by atoms with E-state index in [1.807, 2.05) is 0 Å². The van der Waals surface area contributed by atoms with Crippen molar-refractivity contribution < 1.29 is 19.4 Å². The van der Waals surface area contributed by atoms with Crippen molar-refractivity contribution >= 4 is 17.9 Å². The van der Waals surface area contributed by atoms with E-state index in [1.165, 1.54) is 7.11 Å². The third-order valence-electron chi connectivity index (χ3n) is 2.28. The minimum Gasteiger partial charge on any atom is -0.481 e. The molecular formula is C11H16N4O4. The molecule has 0 fully saturated rings. The van der Waals surface area contributed by atoms with Crippen molar-refractivity contribution in [2.24, 2.45) is 0 Å². The van der Waals surface area contributed by atoms with Gasteiger partial charge >= 0.3 is 12.0 Å². The van der Waals surface area contributed by atoms with E-state index in [2.05, 4.69) is 20.6 Å². The first-order chi connectivity index (χ1) is 8.96. The molecule has 1 atom stereocenters. The number of anilines is 1. The smallest absolute Gasteiger partial charge is 0.326 e. The molecule has 1 aromatic rings. The van der Waals surface area contributed by atoms with Crippen molar-refractivity contribution in [1.82, 2.24) is 15.3 Å². The van der Waals surface area contributed by atoms with Gasteiger partial charge in [0.2, 0.25) is 11.8 Å². The lowest BCUT2D eigenvalue weighted by molar-refractivity contribution is -0.139. The van der Waals surface area contributed by atoms with Crippen LogP contribution in [0.25, 0.3) is 0 Å². The number of nitrogens with zero attached hydrogens (tertiary/aromatic N) is 2. The number of rotatable bonds is 5. The zero-order chi connectivity index (χ0) is 14.4. The summed E-state index contributed by atoms with van der Waals surface area (Å²) in [5, 5.41) is 13.5. The fourth-order valence-electron chi connectivity index (χ4n) is 1.33. The van der Waals surface area contributed by atoms with E-state index in [4.69, 9.17) is 9.84 Å². The summed E-state index contributed by atoms with van der Waals surface area (Å²) >= 11 is 0. The van der Waals surface area contributed by atoms with Gasteiger partial charge in [-0.2, -0.15) is 4.98 Å². The summed E-state index contributed by atoms with van der Waals surface area (Å²) in [6.07, 6.45) is 0.279. The predicted molar refractivity (Wildman–Crippen MR) is 67.2 cm³/mol. The Hall–Kier alpha value is -2.38. The number of urea groups is 1. The molecule has 8 nitrogen and oxygen atoms in total. The summed E-state index contributed by atoms with van der Waals surface area (Å²) in [5.41, 5.74) is 0.618. The number of amides is 2. The van der Waals surface area contributed by atoms with E-state index in [9.17, 15) is 9.59 Å². The van der Waals surface area contributed by atoms with Crippen LogP contribution in [0.4, 0.5) is 10.7 Å². The Morgan fingerprint density at radius 3 is 2.68 bits per heavy atom. The third kappa shape index (κ3) is 4.41. The van der Waals surface area contributed by atoms with Crippen LogP contribution in [0.2, 0.25) is 0 Å². The standard InChI is InChI=1S/C11H16N4O4/c1-4-7(9(16)17)13-11(18)15-10-12-6(2)5-8(14-10)19-3/h5,7H,4H2,1-3H3,(H,16,17)(H2,12,13,14,15,18). The summed E-state index contributed by atoms with van der Waals surface area (Å²) in [7, 11) is 1.45. The Labute approximate surface area is 110 Å². The summed E-state index contributed by atoms with van der Waals surface area (Å²) in [6, 6.07) is -0.0246. The van der Waals surface area contributed by atoms with Gasteiger partial charge in [0, 0.05) is 11.8 Å². The molecule has 8 heteroatoms. The van der Waals surface area contributed by atoms with E-state index >= 15 is 0 Å². The normalized spacial score (nSPS) is 11.5. The molecule has 0 spiro atoms. The fourth-order valence-corrected chi connectivity index (χ4v) is 1.33. The van der Waals surface area contributed by atoms with Crippen molar-refractivity contribution in [3.63, 3.8) is 0 Å². The minimum absolute atomic E-state index is 0.0505. The molecule has 0 saturated heterocycles. The highest BCUT2D eigenvalue weighted by atomic mass is 16.5. The first kappa shape index (κ1) is 14.7. The quantitative estimate of drug-likeness (QED) is 0.727. The van der Waals surface area contributed by atoms with Gasteiger partial charge in [0.05, 0.1) is 7.11 Å². The number of hydrogen-bond donors (Lipinski definition) is 3. The molecule has 19 heavy (non-hydrogen) atoms.